The molecule has 73 heavy (non-hydrogen) atoms. The van der Waals surface area contributed by atoms with E-state index >= 15 is 0 Å². The van der Waals surface area contributed by atoms with E-state index in [-0.39, 0.29) is 41.8 Å². The van der Waals surface area contributed by atoms with Crippen LogP contribution in [0.4, 0.5) is 0 Å². The second kappa shape index (κ2) is 23.3. The number of methoxy groups -OCH3 is 6. The SMILES string of the molecule is COC(=O)CC[C@@H]1N=C(c2ccccn2)c2cc(OC)c(OC)cc2-n2c(C)cnc21.COC(=O)CC[C@@H]1N=C(c2ccccn2)c2cc(OC)c(OC)cc2-n2c(C)cnc21.Cc1ccc(S(=O)(=O)O)cc1. The molecule has 380 valence electrons. The van der Waals surface area contributed by atoms with Crippen molar-refractivity contribution < 1.29 is 51.0 Å². The van der Waals surface area contributed by atoms with Gasteiger partial charge in [0.25, 0.3) is 10.1 Å². The molecule has 0 unspecified atom stereocenters. The monoisotopic (exact) mass is 1010 g/mol. The van der Waals surface area contributed by atoms with E-state index in [0.717, 1.165) is 62.5 Å². The first-order chi connectivity index (χ1) is 35.1. The van der Waals surface area contributed by atoms with Crippen molar-refractivity contribution in [3.05, 3.63) is 161 Å². The number of imidazole rings is 2. The van der Waals surface area contributed by atoms with Crippen molar-refractivity contribution >= 4 is 33.5 Å². The summed E-state index contributed by atoms with van der Waals surface area (Å²) in [5.41, 5.74) is 9.14. The number of aromatic nitrogens is 6. The minimum atomic E-state index is -4.02. The Labute approximate surface area is 423 Å². The fraction of sp³-hybridized carbons (Fsp3) is 0.283. The van der Waals surface area contributed by atoms with E-state index < -0.39 is 10.1 Å². The zero-order chi connectivity index (χ0) is 52.4. The quantitative estimate of drug-likeness (QED) is 0.0849. The summed E-state index contributed by atoms with van der Waals surface area (Å²) >= 11 is 0. The molecule has 0 fully saturated rings. The molecule has 0 bridgehead atoms. The summed E-state index contributed by atoms with van der Waals surface area (Å²) < 4.78 is 65.6. The van der Waals surface area contributed by atoms with E-state index in [9.17, 15) is 18.0 Å². The lowest BCUT2D eigenvalue weighted by atomic mass is 10.0. The molecule has 20 heteroatoms. The van der Waals surface area contributed by atoms with Crippen molar-refractivity contribution in [1.29, 1.82) is 0 Å². The second-order valence-electron chi connectivity index (χ2n) is 16.6. The number of carbonyl (C=O) groups excluding carboxylic acids is 2. The summed E-state index contributed by atoms with van der Waals surface area (Å²) in [5.74, 6) is 3.34. The largest absolute Gasteiger partial charge is 0.493 e. The van der Waals surface area contributed by atoms with E-state index in [4.69, 9.17) is 43.0 Å². The van der Waals surface area contributed by atoms with E-state index in [1.54, 1.807) is 53.0 Å². The van der Waals surface area contributed by atoms with E-state index in [2.05, 4.69) is 29.1 Å². The highest BCUT2D eigenvalue weighted by atomic mass is 32.2. The summed E-state index contributed by atoms with van der Waals surface area (Å²) in [7, 11) is 5.17. The van der Waals surface area contributed by atoms with Crippen LogP contribution in [0.2, 0.25) is 0 Å². The molecule has 6 heterocycles. The van der Waals surface area contributed by atoms with Gasteiger partial charge in [-0.2, -0.15) is 8.42 Å². The number of carbonyl (C=O) groups is 2. The van der Waals surface area contributed by atoms with Crippen LogP contribution in [-0.2, 0) is 29.2 Å². The Bertz CT molecular complexity index is 3080. The number of rotatable bonds is 13. The summed E-state index contributed by atoms with van der Waals surface area (Å²) in [6.07, 6.45) is 8.46. The minimum absolute atomic E-state index is 0.0666. The van der Waals surface area contributed by atoms with Gasteiger partial charge in [0.1, 0.15) is 23.7 Å². The van der Waals surface area contributed by atoms with Crippen LogP contribution in [-0.4, -0.2) is 108 Å². The minimum Gasteiger partial charge on any atom is -0.493 e. The molecule has 3 aromatic carbocycles. The second-order valence-corrected chi connectivity index (χ2v) is 18.0. The van der Waals surface area contributed by atoms with E-state index in [1.165, 1.54) is 26.4 Å². The van der Waals surface area contributed by atoms with Crippen molar-refractivity contribution in [2.24, 2.45) is 9.98 Å². The zero-order valence-corrected chi connectivity index (χ0v) is 42.7. The van der Waals surface area contributed by atoms with Crippen LogP contribution in [0.1, 0.15) is 88.9 Å². The first-order valence-corrected chi connectivity index (χ1v) is 24.4. The van der Waals surface area contributed by atoms with E-state index in [0.29, 0.717) is 47.3 Å². The number of ether oxygens (including phenoxy) is 6. The third-order valence-electron chi connectivity index (χ3n) is 11.9. The molecule has 2 aliphatic rings. The third kappa shape index (κ3) is 11.8. The van der Waals surface area contributed by atoms with Crippen molar-refractivity contribution in [2.75, 3.05) is 42.7 Å². The van der Waals surface area contributed by atoms with Gasteiger partial charge in [-0.25, -0.2) is 9.97 Å². The molecule has 2 aliphatic heterocycles. The van der Waals surface area contributed by atoms with Crippen LogP contribution in [0.5, 0.6) is 23.0 Å². The van der Waals surface area contributed by atoms with Crippen molar-refractivity contribution in [1.82, 2.24) is 29.1 Å². The van der Waals surface area contributed by atoms with Crippen LogP contribution in [0.3, 0.4) is 0 Å². The molecule has 4 aromatic heterocycles. The van der Waals surface area contributed by atoms with Gasteiger partial charge >= 0.3 is 11.9 Å². The fourth-order valence-electron chi connectivity index (χ4n) is 8.29. The topological polar surface area (TPSA) is 230 Å². The van der Waals surface area contributed by atoms with Gasteiger partial charge in [-0.15, -0.1) is 0 Å². The number of hydrogen-bond donors (Lipinski definition) is 1. The molecule has 9 rings (SSSR count). The number of aliphatic imine (C=N–C) groups is 2. The Hall–Kier alpha value is -8.23. The molecular weight excluding hydrogens is 957 g/mol. The number of hydrogen-bond acceptors (Lipinski definition) is 16. The van der Waals surface area contributed by atoms with E-state index in [1.807, 2.05) is 93.8 Å². The normalized spacial score (nSPS) is 14.2. The first-order valence-electron chi connectivity index (χ1n) is 22.9. The molecule has 0 saturated carbocycles. The first kappa shape index (κ1) is 52.6. The Kier molecular flexibility index (Phi) is 16.8. The molecule has 2 atom stereocenters. The van der Waals surface area contributed by atoms with Gasteiger partial charge in [-0.1, -0.05) is 29.8 Å². The number of pyridine rings is 2. The molecule has 7 aromatic rings. The van der Waals surface area contributed by atoms with Gasteiger partial charge in [0.15, 0.2) is 23.0 Å². The lowest BCUT2D eigenvalue weighted by molar-refractivity contribution is -0.141. The molecule has 0 aliphatic carbocycles. The summed E-state index contributed by atoms with van der Waals surface area (Å²) in [5, 5.41) is 0. The summed E-state index contributed by atoms with van der Waals surface area (Å²) in [6, 6.07) is 24.3. The predicted molar refractivity (Wildman–Crippen MR) is 272 cm³/mol. The maximum Gasteiger partial charge on any atom is 0.305 e. The molecule has 1 N–H and O–H groups in total. The Balaban J connectivity index is 0.000000177. The highest BCUT2D eigenvalue weighted by Crippen LogP contribution is 2.41. The smallest absolute Gasteiger partial charge is 0.305 e. The Morgan fingerprint density at radius 2 is 0.959 bits per heavy atom. The molecule has 0 saturated heterocycles. The number of benzene rings is 3. The van der Waals surface area contributed by atoms with Crippen molar-refractivity contribution in [3.8, 4) is 34.4 Å². The van der Waals surface area contributed by atoms with Gasteiger partial charge in [0.2, 0.25) is 0 Å². The lowest BCUT2D eigenvalue weighted by Gasteiger charge is -2.17. The maximum absolute atomic E-state index is 11.9. The Morgan fingerprint density at radius 1 is 0.562 bits per heavy atom. The zero-order valence-electron chi connectivity index (χ0n) is 41.9. The standard InChI is InChI=1S/2C23H24N4O4.C7H8O3S/c2*1-14-13-25-23-17(8-9-21(28)31-4)26-22(16-7-5-6-10-24-16)15-11-19(29-2)20(30-3)12-18(15)27(14)23;1-6-2-4-7(5-3-6)11(8,9)10/h2*5-7,10-13,17H,8-9H2,1-4H3;2-5H,1H3,(H,8,9,10)/t2*17-;/m00./s1. The van der Waals surface area contributed by atoms with Crippen LogP contribution in [0.15, 0.2) is 125 Å². The molecule has 0 spiro atoms. The highest BCUT2D eigenvalue weighted by Gasteiger charge is 2.32. The van der Waals surface area contributed by atoms with Crippen LogP contribution in [0, 0.1) is 20.8 Å². The Morgan fingerprint density at radius 3 is 1.30 bits per heavy atom. The van der Waals surface area contributed by atoms with Crippen LogP contribution >= 0.6 is 0 Å². The third-order valence-corrected chi connectivity index (χ3v) is 12.8. The van der Waals surface area contributed by atoms with Crippen LogP contribution < -0.4 is 18.9 Å². The van der Waals surface area contributed by atoms with Gasteiger partial charge in [-0.05, 0) is 82.1 Å². The van der Waals surface area contributed by atoms with Gasteiger partial charge in [-0.3, -0.25) is 43.2 Å². The van der Waals surface area contributed by atoms with Gasteiger partial charge in [0, 0.05) is 72.3 Å². The lowest BCUT2D eigenvalue weighted by Crippen LogP contribution is -2.10. The average molecular weight is 1010 g/mol. The fourth-order valence-corrected chi connectivity index (χ4v) is 8.77. The van der Waals surface area contributed by atoms with Gasteiger partial charge < -0.3 is 28.4 Å². The van der Waals surface area contributed by atoms with Crippen LogP contribution in [0.25, 0.3) is 11.4 Å². The average Bonchev–Trinajstić information content (AvgIpc) is 3.91. The summed E-state index contributed by atoms with van der Waals surface area (Å²) in [6.45, 7) is 5.81. The molecule has 0 amide bonds. The molecule has 0 radical (unpaired) electrons. The highest BCUT2D eigenvalue weighted by molar-refractivity contribution is 7.85. The van der Waals surface area contributed by atoms with Crippen molar-refractivity contribution in [2.45, 2.75) is 63.4 Å². The summed E-state index contributed by atoms with van der Waals surface area (Å²) in [4.78, 5) is 52.1. The van der Waals surface area contributed by atoms with Gasteiger partial charge in [0.05, 0.1) is 81.7 Å². The van der Waals surface area contributed by atoms with Crippen molar-refractivity contribution in [3.63, 3.8) is 0 Å². The molecule has 19 nitrogen and oxygen atoms in total. The number of nitrogens with zero attached hydrogens (tertiary/aromatic N) is 8. The number of esters is 2. The number of aryl methyl sites for hydroxylation is 3. The molecular formula is C53H56N8O11S. The predicted octanol–water partition coefficient (Wildman–Crippen LogP) is 8.12. The number of fused-ring (bicyclic) bond motifs is 6. The maximum atomic E-state index is 11.9.